The number of allylic oxidation sites excluding steroid dienone is 3. The first-order chi connectivity index (χ1) is 7.41. The van der Waals surface area contributed by atoms with Crippen LogP contribution in [0, 0.1) is 0 Å². The van der Waals surface area contributed by atoms with Crippen molar-refractivity contribution in [3.63, 3.8) is 0 Å². The van der Waals surface area contributed by atoms with Crippen molar-refractivity contribution < 1.29 is 0 Å². The van der Waals surface area contributed by atoms with Crippen molar-refractivity contribution >= 4 is 0 Å². The van der Waals surface area contributed by atoms with E-state index in [9.17, 15) is 0 Å². The van der Waals surface area contributed by atoms with Crippen LogP contribution in [-0.2, 0) is 0 Å². The van der Waals surface area contributed by atoms with E-state index in [1.54, 1.807) is 0 Å². The van der Waals surface area contributed by atoms with Gasteiger partial charge in [-0.2, -0.15) is 0 Å². The summed E-state index contributed by atoms with van der Waals surface area (Å²) >= 11 is 0. The lowest BCUT2D eigenvalue weighted by molar-refractivity contribution is 0.577. The summed E-state index contributed by atoms with van der Waals surface area (Å²) < 4.78 is 0. The van der Waals surface area contributed by atoms with Gasteiger partial charge in [-0.1, -0.05) is 70.6 Å². The molecular weight excluding hydrogens is 180 g/mol. The molecule has 0 aliphatic rings. The second-order valence-corrected chi connectivity index (χ2v) is 4.06. The molecule has 0 aliphatic carbocycles. The summed E-state index contributed by atoms with van der Waals surface area (Å²) in [7, 11) is 0. The molecule has 0 aliphatic heterocycles. The molecule has 0 heterocycles. The molecule has 15 heavy (non-hydrogen) atoms. The van der Waals surface area contributed by atoms with Crippen LogP contribution >= 0.6 is 0 Å². The van der Waals surface area contributed by atoms with Crippen molar-refractivity contribution in [2.75, 3.05) is 0 Å². The van der Waals surface area contributed by atoms with Crippen molar-refractivity contribution in [3.8, 4) is 0 Å². The SMILES string of the molecule is C=C=CC=CCCCCCCCCCC. The fourth-order valence-electron chi connectivity index (χ4n) is 1.63. The molecule has 0 atom stereocenters. The normalized spacial score (nSPS) is 10.5. The molecule has 0 aromatic rings. The topological polar surface area (TPSA) is 0 Å². The van der Waals surface area contributed by atoms with E-state index in [1.807, 2.05) is 12.2 Å². The van der Waals surface area contributed by atoms with E-state index in [0.29, 0.717) is 0 Å². The van der Waals surface area contributed by atoms with Crippen LogP contribution in [0.25, 0.3) is 0 Å². The standard InChI is InChI=1S/C15H26/c1-3-5-7-9-11-13-15-14-12-10-8-6-4-2/h5,7,9H,1,4,6,8,10-15H2,2H3. The summed E-state index contributed by atoms with van der Waals surface area (Å²) in [5.41, 5.74) is 2.74. The highest BCUT2D eigenvalue weighted by atomic mass is 14.0. The molecule has 0 amide bonds. The molecule has 0 bridgehead atoms. The molecule has 86 valence electrons. The third-order valence-corrected chi connectivity index (χ3v) is 2.57. The van der Waals surface area contributed by atoms with E-state index in [0.717, 1.165) is 0 Å². The minimum absolute atomic E-state index is 1.20. The summed E-state index contributed by atoms with van der Waals surface area (Å²) in [5.74, 6) is 0. The maximum Gasteiger partial charge on any atom is -0.0209 e. The van der Waals surface area contributed by atoms with Crippen molar-refractivity contribution in [2.24, 2.45) is 0 Å². The fourth-order valence-corrected chi connectivity index (χ4v) is 1.63. The minimum atomic E-state index is 1.20. The van der Waals surface area contributed by atoms with Crippen LogP contribution < -0.4 is 0 Å². The van der Waals surface area contributed by atoms with Crippen LogP contribution in [0.5, 0.6) is 0 Å². The maximum atomic E-state index is 3.51. The summed E-state index contributed by atoms with van der Waals surface area (Å²) in [6.45, 7) is 5.78. The van der Waals surface area contributed by atoms with Gasteiger partial charge in [-0.25, -0.2) is 0 Å². The van der Waals surface area contributed by atoms with Gasteiger partial charge in [0.05, 0.1) is 0 Å². The van der Waals surface area contributed by atoms with Gasteiger partial charge in [0.15, 0.2) is 0 Å². The average molecular weight is 206 g/mol. The zero-order valence-electron chi connectivity index (χ0n) is 10.3. The van der Waals surface area contributed by atoms with Gasteiger partial charge in [-0.15, -0.1) is 5.73 Å². The van der Waals surface area contributed by atoms with E-state index in [1.165, 1.54) is 57.8 Å². The van der Waals surface area contributed by atoms with E-state index in [2.05, 4.69) is 25.3 Å². The van der Waals surface area contributed by atoms with E-state index in [-0.39, 0.29) is 0 Å². The Morgan fingerprint density at radius 2 is 1.53 bits per heavy atom. The zero-order valence-corrected chi connectivity index (χ0v) is 10.3. The van der Waals surface area contributed by atoms with Crippen LogP contribution in [0.15, 0.2) is 30.5 Å². The van der Waals surface area contributed by atoms with Crippen LogP contribution in [0.3, 0.4) is 0 Å². The highest BCUT2D eigenvalue weighted by Crippen LogP contribution is 2.09. The Hall–Kier alpha value is -0.740. The summed E-state index contributed by atoms with van der Waals surface area (Å²) in [5, 5.41) is 0. The van der Waals surface area contributed by atoms with Gasteiger partial charge >= 0.3 is 0 Å². The number of rotatable bonds is 10. The van der Waals surface area contributed by atoms with Gasteiger partial charge < -0.3 is 0 Å². The lowest BCUT2D eigenvalue weighted by atomic mass is 10.1. The fraction of sp³-hybridized carbons (Fsp3) is 0.667. The summed E-state index contributed by atoms with van der Waals surface area (Å²) in [6, 6.07) is 0. The summed E-state index contributed by atoms with van der Waals surface area (Å²) in [6.07, 6.45) is 18.5. The molecule has 0 heteroatoms. The molecule has 0 fully saturated rings. The molecule has 0 saturated heterocycles. The van der Waals surface area contributed by atoms with Gasteiger partial charge in [0.2, 0.25) is 0 Å². The molecule has 0 rings (SSSR count). The largest absolute Gasteiger partial charge is 0.129 e. The Balaban J connectivity index is 3.01. The highest BCUT2D eigenvalue weighted by Gasteiger charge is 1.89. The molecule has 0 aromatic heterocycles. The monoisotopic (exact) mass is 206 g/mol. The zero-order chi connectivity index (χ0) is 11.2. The first-order valence-corrected chi connectivity index (χ1v) is 6.42. The van der Waals surface area contributed by atoms with E-state index < -0.39 is 0 Å². The Bertz CT molecular complexity index is 182. The first-order valence-electron chi connectivity index (χ1n) is 6.42. The summed E-state index contributed by atoms with van der Waals surface area (Å²) in [4.78, 5) is 0. The molecule has 0 radical (unpaired) electrons. The van der Waals surface area contributed by atoms with Gasteiger partial charge in [-0.3, -0.25) is 0 Å². The smallest absolute Gasteiger partial charge is 0.0209 e. The predicted octanol–water partition coefficient (Wildman–Crippen LogP) is 5.41. The number of hydrogen-bond acceptors (Lipinski definition) is 0. The predicted molar refractivity (Wildman–Crippen MR) is 70.1 cm³/mol. The molecule has 0 aromatic carbocycles. The molecule has 0 nitrogen and oxygen atoms in total. The molecule has 0 saturated carbocycles. The number of unbranched alkanes of at least 4 members (excludes halogenated alkanes) is 8. The van der Waals surface area contributed by atoms with Crippen LogP contribution in [0.4, 0.5) is 0 Å². The Morgan fingerprint density at radius 1 is 0.933 bits per heavy atom. The van der Waals surface area contributed by atoms with Crippen molar-refractivity contribution in [1.82, 2.24) is 0 Å². The molecule has 0 spiro atoms. The van der Waals surface area contributed by atoms with Crippen LogP contribution in [-0.4, -0.2) is 0 Å². The lowest BCUT2D eigenvalue weighted by Gasteiger charge is -1.99. The number of hydrogen-bond donors (Lipinski definition) is 0. The lowest BCUT2D eigenvalue weighted by Crippen LogP contribution is -1.79. The van der Waals surface area contributed by atoms with Crippen molar-refractivity contribution in [1.29, 1.82) is 0 Å². The van der Waals surface area contributed by atoms with Crippen molar-refractivity contribution in [3.05, 3.63) is 30.5 Å². The van der Waals surface area contributed by atoms with Crippen molar-refractivity contribution in [2.45, 2.75) is 64.7 Å². The van der Waals surface area contributed by atoms with Crippen LogP contribution in [0.2, 0.25) is 0 Å². The second kappa shape index (κ2) is 13.3. The average Bonchev–Trinajstić information content (AvgIpc) is 2.26. The van der Waals surface area contributed by atoms with Crippen LogP contribution in [0.1, 0.15) is 64.7 Å². The molecular formula is C15H26. The maximum absolute atomic E-state index is 3.51. The van der Waals surface area contributed by atoms with Gasteiger partial charge in [-0.05, 0) is 18.9 Å². The van der Waals surface area contributed by atoms with E-state index in [4.69, 9.17) is 0 Å². The minimum Gasteiger partial charge on any atom is -0.129 e. The molecule has 0 unspecified atom stereocenters. The highest BCUT2D eigenvalue weighted by molar-refractivity contribution is 4.99. The Kier molecular flexibility index (Phi) is 12.6. The van der Waals surface area contributed by atoms with Gasteiger partial charge in [0.25, 0.3) is 0 Å². The van der Waals surface area contributed by atoms with Gasteiger partial charge in [0.1, 0.15) is 0 Å². The Labute approximate surface area is 95.8 Å². The Morgan fingerprint density at radius 3 is 2.13 bits per heavy atom. The van der Waals surface area contributed by atoms with Gasteiger partial charge in [0, 0.05) is 0 Å². The third-order valence-electron chi connectivity index (χ3n) is 2.57. The molecule has 0 N–H and O–H groups in total. The third kappa shape index (κ3) is 13.3. The first kappa shape index (κ1) is 14.3. The quantitative estimate of drug-likeness (QED) is 0.254. The van der Waals surface area contributed by atoms with E-state index >= 15 is 0 Å². The second-order valence-electron chi connectivity index (χ2n) is 4.06.